The molecule has 0 radical (unpaired) electrons. The molecule has 0 bridgehead atoms. The van der Waals surface area contributed by atoms with Crippen LogP contribution >= 0.6 is 22.7 Å². The van der Waals surface area contributed by atoms with Gasteiger partial charge in [0.25, 0.3) is 0 Å². The number of thiophene rings is 2. The van der Waals surface area contributed by atoms with Gasteiger partial charge in [0.05, 0.1) is 0 Å². The number of fused-ring (bicyclic) bond motifs is 1. The average Bonchev–Trinajstić information content (AvgIpc) is 2.78. The first kappa shape index (κ1) is 9.89. The summed E-state index contributed by atoms with van der Waals surface area (Å²) < 4.78 is 2.55. The van der Waals surface area contributed by atoms with Crippen LogP contribution in [0.4, 0.5) is 0 Å². The van der Waals surface area contributed by atoms with Gasteiger partial charge in [-0.1, -0.05) is 0 Å². The van der Waals surface area contributed by atoms with Crippen LogP contribution in [-0.2, 0) is 0 Å². The van der Waals surface area contributed by atoms with E-state index in [2.05, 4.69) is 28.8 Å². The molecule has 0 spiro atoms. The summed E-state index contributed by atoms with van der Waals surface area (Å²) in [5.74, 6) is 0. The van der Waals surface area contributed by atoms with Crippen LogP contribution in [0.5, 0.6) is 0 Å². The molecular formula is C10H10S2Se2. The molecule has 0 N–H and O–H groups in total. The van der Waals surface area contributed by atoms with E-state index in [4.69, 9.17) is 0 Å². The quantitative estimate of drug-likeness (QED) is 0.688. The van der Waals surface area contributed by atoms with Crippen LogP contribution in [-0.4, -0.2) is 29.9 Å². The molecule has 3 rings (SSSR count). The Bertz CT molecular complexity index is 397. The predicted octanol–water partition coefficient (Wildman–Crippen LogP) is 3.61. The van der Waals surface area contributed by atoms with Gasteiger partial charge in [0.2, 0.25) is 0 Å². The minimum atomic E-state index is 0.908. The standard InChI is InChI=1S/C10H10S2Se2/c1-4-13-10(14-5-1)8-6-7-2-3-11-9(7)12-8/h2-3,6,10H,1,4-5H2. The SMILES string of the molecule is c1cc2cc(C3[Se]CCC[Se]3)sc2s1. The molecule has 1 saturated heterocycles. The Hall–Kier alpha value is 0.699. The van der Waals surface area contributed by atoms with Gasteiger partial charge in [-0.05, 0) is 0 Å². The van der Waals surface area contributed by atoms with Crippen LogP contribution in [0.2, 0.25) is 10.6 Å². The van der Waals surface area contributed by atoms with E-state index in [1.165, 1.54) is 26.5 Å². The van der Waals surface area contributed by atoms with Gasteiger partial charge in [0.15, 0.2) is 0 Å². The molecule has 0 aromatic carbocycles. The maximum atomic E-state index is 2.45. The van der Waals surface area contributed by atoms with Crippen molar-refractivity contribution in [2.45, 2.75) is 20.8 Å². The third kappa shape index (κ3) is 1.84. The van der Waals surface area contributed by atoms with E-state index in [0.29, 0.717) is 0 Å². The second-order valence-corrected chi connectivity index (χ2v) is 12.1. The summed E-state index contributed by atoms with van der Waals surface area (Å²) >= 11 is 5.78. The Kier molecular flexibility index (Phi) is 3.03. The Labute approximate surface area is 104 Å². The number of rotatable bonds is 1. The van der Waals surface area contributed by atoms with Crippen molar-refractivity contribution in [1.82, 2.24) is 0 Å². The monoisotopic (exact) mass is 354 g/mol. The van der Waals surface area contributed by atoms with E-state index in [0.717, 1.165) is 33.6 Å². The molecule has 14 heavy (non-hydrogen) atoms. The van der Waals surface area contributed by atoms with Crippen molar-refractivity contribution in [2.24, 2.45) is 0 Å². The summed E-state index contributed by atoms with van der Waals surface area (Å²) in [5, 5.41) is 6.74. The molecule has 1 aliphatic heterocycles. The zero-order chi connectivity index (χ0) is 9.38. The number of hydrogen-bond acceptors (Lipinski definition) is 2. The predicted molar refractivity (Wildman–Crippen MR) is 68.2 cm³/mol. The summed E-state index contributed by atoms with van der Waals surface area (Å²) in [6.07, 6.45) is 1.51. The van der Waals surface area contributed by atoms with E-state index in [1.807, 2.05) is 11.3 Å². The summed E-state index contributed by atoms with van der Waals surface area (Å²) in [6, 6.07) is 4.72. The summed E-state index contributed by atoms with van der Waals surface area (Å²) in [7, 11) is 0. The van der Waals surface area contributed by atoms with E-state index in [-0.39, 0.29) is 0 Å². The molecule has 4 heteroatoms. The fraction of sp³-hybridized carbons (Fsp3) is 0.400. The van der Waals surface area contributed by atoms with Crippen LogP contribution in [0.3, 0.4) is 0 Å². The molecule has 74 valence electrons. The Morgan fingerprint density at radius 1 is 1.29 bits per heavy atom. The number of hydrogen-bond donors (Lipinski definition) is 0. The van der Waals surface area contributed by atoms with Gasteiger partial charge < -0.3 is 0 Å². The molecule has 0 nitrogen and oxygen atoms in total. The van der Waals surface area contributed by atoms with Crippen LogP contribution in [0.1, 0.15) is 15.0 Å². The molecule has 3 heterocycles. The molecule has 0 atom stereocenters. The zero-order valence-corrected chi connectivity index (χ0v) is 12.6. The topological polar surface area (TPSA) is 0 Å². The summed E-state index contributed by atoms with van der Waals surface area (Å²) in [6.45, 7) is 0. The van der Waals surface area contributed by atoms with E-state index >= 15 is 0 Å². The van der Waals surface area contributed by atoms with Crippen LogP contribution in [0.15, 0.2) is 17.5 Å². The Balaban J connectivity index is 1.92. The second kappa shape index (κ2) is 4.29. The first-order valence-electron chi connectivity index (χ1n) is 4.63. The van der Waals surface area contributed by atoms with Crippen LogP contribution < -0.4 is 0 Å². The van der Waals surface area contributed by atoms with Crippen molar-refractivity contribution < 1.29 is 0 Å². The first-order chi connectivity index (χ1) is 6.93. The molecule has 0 aliphatic carbocycles. The maximum absolute atomic E-state index is 2.45. The van der Waals surface area contributed by atoms with Gasteiger partial charge in [-0.2, -0.15) is 0 Å². The van der Waals surface area contributed by atoms with Crippen molar-refractivity contribution in [2.75, 3.05) is 0 Å². The molecule has 0 amide bonds. The Morgan fingerprint density at radius 2 is 2.14 bits per heavy atom. The Morgan fingerprint density at radius 3 is 2.93 bits per heavy atom. The van der Waals surface area contributed by atoms with E-state index in [9.17, 15) is 0 Å². The fourth-order valence-corrected chi connectivity index (χ4v) is 12.3. The average molecular weight is 352 g/mol. The summed E-state index contributed by atoms with van der Waals surface area (Å²) in [4.78, 5) is 1.70. The normalized spacial score (nSPS) is 19.1. The molecular weight excluding hydrogens is 342 g/mol. The van der Waals surface area contributed by atoms with Gasteiger partial charge in [-0.3, -0.25) is 0 Å². The van der Waals surface area contributed by atoms with Gasteiger partial charge in [0.1, 0.15) is 0 Å². The zero-order valence-electron chi connectivity index (χ0n) is 7.56. The van der Waals surface area contributed by atoms with Gasteiger partial charge in [-0.25, -0.2) is 0 Å². The second-order valence-electron chi connectivity index (χ2n) is 3.24. The third-order valence-electron chi connectivity index (χ3n) is 2.23. The molecule has 2 aromatic rings. The first-order valence-corrected chi connectivity index (χ1v) is 10.7. The summed E-state index contributed by atoms with van der Waals surface area (Å²) in [5.41, 5.74) is 0. The molecule has 0 saturated carbocycles. The van der Waals surface area contributed by atoms with Crippen molar-refractivity contribution in [3.05, 3.63) is 22.4 Å². The van der Waals surface area contributed by atoms with Crippen molar-refractivity contribution in [3.8, 4) is 0 Å². The van der Waals surface area contributed by atoms with Gasteiger partial charge >= 0.3 is 105 Å². The van der Waals surface area contributed by atoms with Gasteiger partial charge in [-0.15, -0.1) is 0 Å². The van der Waals surface area contributed by atoms with Crippen molar-refractivity contribution in [3.63, 3.8) is 0 Å². The van der Waals surface area contributed by atoms with Crippen LogP contribution in [0, 0.1) is 0 Å². The van der Waals surface area contributed by atoms with Gasteiger partial charge in [0, 0.05) is 0 Å². The fourth-order valence-electron chi connectivity index (χ4n) is 1.55. The molecule has 2 aromatic heterocycles. The molecule has 1 aliphatic rings. The minimum absolute atomic E-state index is 0.908. The van der Waals surface area contributed by atoms with E-state index < -0.39 is 0 Å². The molecule has 1 fully saturated rings. The van der Waals surface area contributed by atoms with Crippen molar-refractivity contribution >= 4 is 62.0 Å². The third-order valence-corrected chi connectivity index (χ3v) is 12.7. The molecule has 0 unspecified atom stereocenters. The van der Waals surface area contributed by atoms with E-state index in [1.54, 1.807) is 4.88 Å². The van der Waals surface area contributed by atoms with Crippen molar-refractivity contribution in [1.29, 1.82) is 0 Å². The van der Waals surface area contributed by atoms with Crippen LogP contribution in [0.25, 0.3) is 9.40 Å².